The van der Waals surface area contributed by atoms with Crippen LogP contribution in [0.3, 0.4) is 0 Å². The highest BCUT2D eigenvalue weighted by atomic mass is 16.5. The molecule has 0 aromatic heterocycles. The lowest BCUT2D eigenvalue weighted by Gasteiger charge is -2.40. The predicted molar refractivity (Wildman–Crippen MR) is 183 cm³/mol. The number of ether oxygens (including phenoxy) is 1. The molecule has 2 aromatic carbocycles. The molecule has 3 aliphatic heterocycles. The number of benzene rings is 2. The van der Waals surface area contributed by atoms with Crippen molar-refractivity contribution in [1.29, 1.82) is 5.26 Å². The first kappa shape index (κ1) is 33.7. The lowest BCUT2D eigenvalue weighted by atomic mass is 9.76. The number of anilines is 2. The summed E-state index contributed by atoms with van der Waals surface area (Å²) in [5.41, 5.74) is 4.01. The van der Waals surface area contributed by atoms with E-state index in [0.29, 0.717) is 49.3 Å². The number of nitrogens with one attached hydrogen (secondary N) is 1. The molecule has 3 aliphatic rings. The minimum atomic E-state index is -0.174. The summed E-state index contributed by atoms with van der Waals surface area (Å²) in [6.45, 7) is 16.0. The van der Waals surface area contributed by atoms with Crippen molar-refractivity contribution in [3.05, 3.63) is 59.7 Å². The molecule has 248 valence electrons. The predicted octanol–water partition coefficient (Wildman–Crippen LogP) is 4.91. The minimum Gasteiger partial charge on any atom is -0.376 e. The molecule has 0 bridgehead atoms. The molecule has 5 rings (SSSR count). The lowest BCUT2D eigenvalue weighted by Crippen LogP contribution is -2.52. The number of rotatable bonds is 11. The topological polar surface area (TPSA) is 92.2 Å². The van der Waals surface area contributed by atoms with Crippen LogP contribution in [-0.2, 0) is 9.53 Å². The summed E-state index contributed by atoms with van der Waals surface area (Å²) in [5, 5.41) is 12.0. The molecule has 0 radical (unpaired) electrons. The second kappa shape index (κ2) is 14.9. The molecule has 2 unspecified atom stereocenters. The van der Waals surface area contributed by atoms with Crippen molar-refractivity contribution in [3.63, 3.8) is 0 Å². The normalized spacial score (nSPS) is 20.8. The van der Waals surface area contributed by atoms with Crippen molar-refractivity contribution in [1.82, 2.24) is 15.1 Å². The summed E-state index contributed by atoms with van der Waals surface area (Å²) in [6.07, 6.45) is 6.04. The highest BCUT2D eigenvalue weighted by Crippen LogP contribution is 2.45. The van der Waals surface area contributed by atoms with Crippen molar-refractivity contribution >= 4 is 23.7 Å². The lowest BCUT2D eigenvalue weighted by molar-refractivity contribution is -0.109. The number of hydrogen-bond donors (Lipinski definition) is 1. The number of amides is 2. The molecule has 9 heteroatoms. The summed E-state index contributed by atoms with van der Waals surface area (Å²) < 4.78 is 5.99. The third kappa shape index (κ3) is 8.40. The second-order valence-corrected chi connectivity index (χ2v) is 14.5. The molecule has 1 spiro atoms. The van der Waals surface area contributed by atoms with Gasteiger partial charge in [-0.2, -0.15) is 5.26 Å². The van der Waals surface area contributed by atoms with Gasteiger partial charge in [-0.25, -0.2) is 0 Å². The highest BCUT2D eigenvalue weighted by Gasteiger charge is 2.44. The zero-order chi connectivity index (χ0) is 32.7. The largest absolute Gasteiger partial charge is 0.376 e. The number of piperazine rings is 1. The highest BCUT2D eigenvalue weighted by molar-refractivity contribution is 5.94. The van der Waals surface area contributed by atoms with E-state index < -0.39 is 0 Å². The number of piperidine rings is 1. The summed E-state index contributed by atoms with van der Waals surface area (Å²) >= 11 is 0. The van der Waals surface area contributed by atoms with Crippen molar-refractivity contribution in [2.24, 2.45) is 5.41 Å². The van der Waals surface area contributed by atoms with E-state index >= 15 is 0 Å². The van der Waals surface area contributed by atoms with Crippen LogP contribution in [-0.4, -0.2) is 98.8 Å². The second-order valence-electron chi connectivity index (χ2n) is 14.5. The number of carbonyl (C=O) groups excluding carboxylic acids is 2. The van der Waals surface area contributed by atoms with Crippen molar-refractivity contribution in [2.45, 2.75) is 77.5 Å². The van der Waals surface area contributed by atoms with Crippen LogP contribution in [0.25, 0.3) is 0 Å². The maximum atomic E-state index is 13.4. The van der Waals surface area contributed by atoms with Crippen LogP contribution in [0, 0.1) is 16.7 Å². The molecular formula is C37H52N6O3. The third-order valence-electron chi connectivity index (χ3n) is 10.2. The van der Waals surface area contributed by atoms with E-state index in [9.17, 15) is 9.59 Å². The zero-order valence-electron chi connectivity index (χ0n) is 28.2. The van der Waals surface area contributed by atoms with Crippen molar-refractivity contribution in [2.75, 3.05) is 68.8 Å². The van der Waals surface area contributed by atoms with Gasteiger partial charge in [-0.1, -0.05) is 0 Å². The molecule has 3 saturated heterocycles. The van der Waals surface area contributed by atoms with Crippen LogP contribution in [0.2, 0.25) is 0 Å². The van der Waals surface area contributed by atoms with Gasteiger partial charge in [-0.3, -0.25) is 14.5 Å². The van der Waals surface area contributed by atoms with E-state index in [1.807, 2.05) is 29.2 Å². The van der Waals surface area contributed by atoms with Crippen LogP contribution in [0.5, 0.6) is 0 Å². The van der Waals surface area contributed by atoms with Gasteiger partial charge in [-0.15, -0.1) is 0 Å². The molecule has 2 atom stereocenters. The first-order chi connectivity index (χ1) is 22.1. The maximum absolute atomic E-state index is 13.4. The van der Waals surface area contributed by atoms with E-state index in [2.05, 4.69) is 78.0 Å². The minimum absolute atomic E-state index is 0.0990. The number of nitrogens with zero attached hydrogens (tertiary/aromatic N) is 5. The van der Waals surface area contributed by atoms with Gasteiger partial charge in [0.2, 0.25) is 6.41 Å². The Morgan fingerprint density at radius 1 is 1.00 bits per heavy atom. The van der Waals surface area contributed by atoms with E-state index in [1.54, 1.807) is 0 Å². The Hall–Kier alpha value is -3.61. The van der Waals surface area contributed by atoms with Gasteiger partial charge in [0.15, 0.2) is 0 Å². The first-order valence-corrected chi connectivity index (χ1v) is 17.1. The Balaban J connectivity index is 1.10. The Kier molecular flexibility index (Phi) is 10.9. The van der Waals surface area contributed by atoms with E-state index in [-0.39, 0.29) is 11.5 Å². The van der Waals surface area contributed by atoms with Gasteiger partial charge < -0.3 is 24.8 Å². The molecule has 0 saturated carbocycles. The summed E-state index contributed by atoms with van der Waals surface area (Å²) in [4.78, 5) is 33.7. The quantitative estimate of drug-likeness (QED) is 0.279. The molecule has 3 fully saturated rings. The summed E-state index contributed by atoms with van der Waals surface area (Å²) in [5.74, 6) is 0.0990. The SMILES string of the molecule is CC1CC2(CCN(c3ccc(C(=O)N4CCN(C(CCNC=O)CCOC(C)(C)C)CC4)cc3)CC2)CN1c1ccc(C#N)cc1. The Morgan fingerprint density at radius 2 is 1.65 bits per heavy atom. The number of hydrogen-bond acceptors (Lipinski definition) is 7. The van der Waals surface area contributed by atoms with Gasteiger partial charge in [0.25, 0.3) is 5.91 Å². The zero-order valence-corrected chi connectivity index (χ0v) is 28.2. The molecule has 1 N–H and O–H groups in total. The molecular weight excluding hydrogens is 576 g/mol. The first-order valence-electron chi connectivity index (χ1n) is 17.1. The Labute approximate surface area is 275 Å². The smallest absolute Gasteiger partial charge is 0.253 e. The number of carbonyl (C=O) groups is 2. The van der Waals surface area contributed by atoms with Gasteiger partial charge >= 0.3 is 0 Å². The molecule has 2 aromatic rings. The van der Waals surface area contributed by atoms with Crippen LogP contribution in [0.15, 0.2) is 48.5 Å². The van der Waals surface area contributed by atoms with Gasteiger partial charge in [0.1, 0.15) is 0 Å². The molecule has 46 heavy (non-hydrogen) atoms. The fourth-order valence-electron chi connectivity index (χ4n) is 7.60. The van der Waals surface area contributed by atoms with Gasteiger partial charge in [-0.05, 0) is 114 Å². The standard InChI is InChI=1S/C37H52N6O3/c1-29-25-37(27-43(29)34-9-5-30(26-38)6-10-34)15-18-40(19-16-37)32-11-7-31(8-12-32)35(45)42-22-20-41(21-23-42)33(13-17-39-28-44)14-24-46-36(2,3)4/h5-12,28-29,33H,13-25,27H2,1-4H3,(H,39,44). The third-order valence-corrected chi connectivity index (χ3v) is 10.2. The molecule has 0 aliphatic carbocycles. The Morgan fingerprint density at radius 3 is 2.26 bits per heavy atom. The van der Waals surface area contributed by atoms with E-state index in [0.717, 1.165) is 70.4 Å². The fourth-order valence-corrected chi connectivity index (χ4v) is 7.60. The van der Waals surface area contributed by atoms with Crippen LogP contribution in [0.4, 0.5) is 11.4 Å². The summed E-state index contributed by atoms with van der Waals surface area (Å²) in [7, 11) is 0. The van der Waals surface area contributed by atoms with E-state index in [4.69, 9.17) is 10.00 Å². The molecule has 2 amide bonds. The van der Waals surface area contributed by atoms with Gasteiger partial charge in [0, 0.05) is 88.0 Å². The van der Waals surface area contributed by atoms with Crippen LogP contribution in [0.1, 0.15) is 75.7 Å². The average Bonchev–Trinajstić information content (AvgIpc) is 3.38. The van der Waals surface area contributed by atoms with Crippen LogP contribution >= 0.6 is 0 Å². The maximum Gasteiger partial charge on any atom is 0.253 e. The molecule has 9 nitrogen and oxygen atoms in total. The average molecular weight is 629 g/mol. The molecule has 3 heterocycles. The monoisotopic (exact) mass is 628 g/mol. The van der Waals surface area contributed by atoms with Crippen LogP contribution < -0.4 is 15.1 Å². The van der Waals surface area contributed by atoms with Crippen molar-refractivity contribution in [3.8, 4) is 6.07 Å². The van der Waals surface area contributed by atoms with Gasteiger partial charge in [0.05, 0.1) is 17.2 Å². The van der Waals surface area contributed by atoms with E-state index in [1.165, 1.54) is 17.8 Å². The van der Waals surface area contributed by atoms with Crippen molar-refractivity contribution < 1.29 is 14.3 Å². The Bertz CT molecular complexity index is 1330. The number of nitriles is 1. The summed E-state index contributed by atoms with van der Waals surface area (Å²) in [6, 6.07) is 19.3. The fraction of sp³-hybridized carbons (Fsp3) is 0.595.